The number of benzene rings is 1. The molecule has 114 valence electrons. The molecule has 0 unspecified atom stereocenters. The lowest BCUT2D eigenvalue weighted by molar-refractivity contribution is 0.296. The maximum atomic E-state index is 12.8. The van der Waals surface area contributed by atoms with Gasteiger partial charge in [-0.15, -0.1) is 0 Å². The van der Waals surface area contributed by atoms with Crippen LogP contribution in [0.1, 0.15) is 23.2 Å². The minimum absolute atomic E-state index is 0.131. The number of nitrogens with zero attached hydrogens (tertiary/aromatic N) is 3. The fourth-order valence-corrected chi connectivity index (χ4v) is 1.99. The van der Waals surface area contributed by atoms with Crippen LogP contribution in [0.3, 0.4) is 0 Å². The van der Waals surface area contributed by atoms with Crippen molar-refractivity contribution >= 4 is 0 Å². The number of aryl methyl sites for hydroxylation is 2. The lowest BCUT2D eigenvalue weighted by Gasteiger charge is -2.09. The van der Waals surface area contributed by atoms with E-state index >= 15 is 0 Å². The molecule has 0 saturated heterocycles. The second kappa shape index (κ2) is 6.85. The lowest BCUT2D eigenvalue weighted by atomic mass is 10.1. The molecule has 0 atom stereocenters. The van der Waals surface area contributed by atoms with E-state index in [1.165, 1.54) is 16.8 Å². The van der Waals surface area contributed by atoms with E-state index in [-0.39, 0.29) is 16.9 Å². The molecule has 1 aromatic heterocycles. The third-order valence-corrected chi connectivity index (χ3v) is 3.35. The number of rotatable bonds is 5. The first-order valence-electron chi connectivity index (χ1n) is 6.89. The highest BCUT2D eigenvalue weighted by Gasteiger charge is 2.11. The molecule has 0 radical (unpaired) electrons. The van der Waals surface area contributed by atoms with Crippen LogP contribution in [0.4, 0.5) is 4.39 Å². The second-order valence-corrected chi connectivity index (χ2v) is 4.88. The van der Waals surface area contributed by atoms with E-state index in [2.05, 4.69) is 5.10 Å². The van der Waals surface area contributed by atoms with E-state index in [1.807, 2.05) is 6.07 Å². The van der Waals surface area contributed by atoms with Crippen LogP contribution >= 0.6 is 0 Å². The summed E-state index contributed by atoms with van der Waals surface area (Å²) in [4.78, 5) is 12.1. The molecule has 0 aliphatic rings. The second-order valence-electron chi connectivity index (χ2n) is 4.88. The van der Waals surface area contributed by atoms with Gasteiger partial charge in [-0.05, 0) is 43.7 Å². The fourth-order valence-electron chi connectivity index (χ4n) is 1.99. The summed E-state index contributed by atoms with van der Waals surface area (Å²) in [5, 5.41) is 13.2. The van der Waals surface area contributed by atoms with Crippen molar-refractivity contribution in [2.45, 2.75) is 26.8 Å². The van der Waals surface area contributed by atoms with Gasteiger partial charge in [0.15, 0.2) is 0 Å². The van der Waals surface area contributed by atoms with E-state index in [9.17, 15) is 9.18 Å². The Hall–Kier alpha value is -2.68. The largest absolute Gasteiger partial charge is 0.494 e. The van der Waals surface area contributed by atoms with Gasteiger partial charge in [0.25, 0.3) is 5.56 Å². The normalized spacial score (nSPS) is 10.3. The highest BCUT2D eigenvalue weighted by atomic mass is 19.1. The Morgan fingerprint density at radius 1 is 1.32 bits per heavy atom. The summed E-state index contributed by atoms with van der Waals surface area (Å²) in [7, 11) is 0. The topological polar surface area (TPSA) is 67.9 Å². The number of hydrogen-bond donors (Lipinski definition) is 0. The minimum Gasteiger partial charge on any atom is -0.494 e. The molecule has 0 amide bonds. The number of aromatic nitrogens is 2. The molecule has 2 aromatic rings. The molecule has 0 N–H and O–H groups in total. The zero-order chi connectivity index (χ0) is 16.1. The minimum atomic E-state index is -0.382. The summed E-state index contributed by atoms with van der Waals surface area (Å²) >= 11 is 0. The molecule has 0 bridgehead atoms. The molecule has 0 spiro atoms. The summed E-state index contributed by atoms with van der Waals surface area (Å²) in [6.45, 7) is 4.20. The first kappa shape index (κ1) is 15.7. The molecule has 1 heterocycles. The van der Waals surface area contributed by atoms with E-state index in [0.717, 1.165) is 0 Å². The molecular weight excluding hydrogens is 285 g/mol. The molecular formula is C16H16FN3O2. The van der Waals surface area contributed by atoms with E-state index in [1.54, 1.807) is 26.0 Å². The smallest absolute Gasteiger partial charge is 0.284 e. The zero-order valence-corrected chi connectivity index (χ0v) is 12.5. The molecule has 2 rings (SSSR count). The number of nitriles is 1. The van der Waals surface area contributed by atoms with Crippen LogP contribution in [0.25, 0.3) is 0 Å². The van der Waals surface area contributed by atoms with Crippen LogP contribution < -0.4 is 10.3 Å². The predicted molar refractivity (Wildman–Crippen MR) is 79.2 cm³/mol. The third-order valence-electron chi connectivity index (χ3n) is 3.35. The standard InChI is InChI=1S/C16H16FN3O2/c1-11-12(2)19-20(16(21)15(11)10-18)8-3-9-22-14-6-4-13(17)5-7-14/h4-7H,3,8-9H2,1-2H3. The van der Waals surface area contributed by atoms with Crippen LogP contribution in [0, 0.1) is 31.0 Å². The highest BCUT2D eigenvalue weighted by Crippen LogP contribution is 2.11. The van der Waals surface area contributed by atoms with Crippen molar-refractivity contribution in [1.82, 2.24) is 9.78 Å². The Morgan fingerprint density at radius 2 is 2.00 bits per heavy atom. The van der Waals surface area contributed by atoms with Crippen molar-refractivity contribution in [1.29, 1.82) is 5.26 Å². The van der Waals surface area contributed by atoms with Gasteiger partial charge in [0.2, 0.25) is 0 Å². The van der Waals surface area contributed by atoms with E-state index in [4.69, 9.17) is 10.00 Å². The molecule has 0 fully saturated rings. The van der Waals surface area contributed by atoms with Gasteiger partial charge in [0.05, 0.1) is 12.3 Å². The van der Waals surface area contributed by atoms with Crippen molar-refractivity contribution in [3.05, 3.63) is 57.3 Å². The van der Waals surface area contributed by atoms with E-state index in [0.29, 0.717) is 36.6 Å². The van der Waals surface area contributed by atoms with Crippen molar-refractivity contribution in [2.75, 3.05) is 6.61 Å². The molecule has 0 aliphatic carbocycles. The first-order valence-corrected chi connectivity index (χ1v) is 6.89. The number of halogens is 1. The van der Waals surface area contributed by atoms with Crippen LogP contribution in [-0.4, -0.2) is 16.4 Å². The predicted octanol–water partition coefficient (Wildman–Crippen LogP) is 2.34. The van der Waals surface area contributed by atoms with Gasteiger partial charge in [-0.1, -0.05) is 0 Å². The van der Waals surface area contributed by atoms with Crippen LogP contribution in [-0.2, 0) is 6.54 Å². The van der Waals surface area contributed by atoms with Crippen molar-refractivity contribution < 1.29 is 9.13 Å². The zero-order valence-electron chi connectivity index (χ0n) is 12.5. The quantitative estimate of drug-likeness (QED) is 0.795. The third kappa shape index (κ3) is 3.50. The summed E-state index contributed by atoms with van der Waals surface area (Å²) in [6.07, 6.45) is 0.553. The Kier molecular flexibility index (Phi) is 4.89. The fraction of sp³-hybridized carbons (Fsp3) is 0.312. The van der Waals surface area contributed by atoms with Crippen LogP contribution in [0.2, 0.25) is 0 Å². The van der Waals surface area contributed by atoms with Gasteiger partial charge in [-0.2, -0.15) is 10.4 Å². The van der Waals surface area contributed by atoms with Crippen molar-refractivity contribution in [3.63, 3.8) is 0 Å². The highest BCUT2D eigenvalue weighted by molar-refractivity contribution is 5.36. The van der Waals surface area contributed by atoms with Gasteiger partial charge >= 0.3 is 0 Å². The van der Waals surface area contributed by atoms with Crippen LogP contribution in [0.15, 0.2) is 29.1 Å². The summed E-state index contributed by atoms with van der Waals surface area (Å²) < 4.78 is 19.5. The molecule has 1 aromatic carbocycles. The van der Waals surface area contributed by atoms with Gasteiger partial charge in [0.1, 0.15) is 23.2 Å². The monoisotopic (exact) mass is 301 g/mol. The Balaban J connectivity index is 1.98. The van der Waals surface area contributed by atoms with Gasteiger partial charge in [-0.3, -0.25) is 4.79 Å². The van der Waals surface area contributed by atoms with Crippen molar-refractivity contribution in [2.24, 2.45) is 0 Å². The molecule has 5 nitrogen and oxygen atoms in total. The molecule has 0 aliphatic heterocycles. The summed E-state index contributed by atoms with van der Waals surface area (Å²) in [5.74, 6) is 0.252. The van der Waals surface area contributed by atoms with E-state index < -0.39 is 0 Å². The van der Waals surface area contributed by atoms with Gasteiger partial charge in [0, 0.05) is 13.0 Å². The average molecular weight is 301 g/mol. The molecule has 0 saturated carbocycles. The van der Waals surface area contributed by atoms with Crippen LogP contribution in [0.5, 0.6) is 5.75 Å². The Bertz CT molecular complexity index is 761. The Morgan fingerprint density at radius 3 is 2.64 bits per heavy atom. The van der Waals surface area contributed by atoms with Crippen molar-refractivity contribution in [3.8, 4) is 11.8 Å². The first-order chi connectivity index (χ1) is 10.5. The molecule has 6 heteroatoms. The SMILES string of the molecule is Cc1nn(CCCOc2ccc(F)cc2)c(=O)c(C#N)c1C. The molecule has 22 heavy (non-hydrogen) atoms. The number of ether oxygens (including phenoxy) is 1. The summed E-state index contributed by atoms with van der Waals surface area (Å²) in [5.41, 5.74) is 1.03. The maximum absolute atomic E-state index is 12.8. The maximum Gasteiger partial charge on any atom is 0.284 e. The lowest BCUT2D eigenvalue weighted by Crippen LogP contribution is -2.28. The average Bonchev–Trinajstić information content (AvgIpc) is 2.51. The number of hydrogen-bond acceptors (Lipinski definition) is 4. The van der Waals surface area contributed by atoms with Gasteiger partial charge < -0.3 is 4.74 Å². The Labute approximate surface area is 127 Å². The van der Waals surface area contributed by atoms with Gasteiger partial charge in [-0.25, -0.2) is 9.07 Å². The summed E-state index contributed by atoms with van der Waals surface area (Å²) in [6, 6.07) is 7.66.